The number of aliphatic hydroxyl groups is 3. The van der Waals surface area contributed by atoms with Gasteiger partial charge in [-0.1, -0.05) is 55.9 Å². The number of halogens is 6. The average molecular weight is 521 g/mol. The molecule has 2 fully saturated rings. The van der Waals surface area contributed by atoms with Crippen molar-refractivity contribution < 1.29 is 41.7 Å². The van der Waals surface area contributed by atoms with E-state index in [4.69, 9.17) is 0 Å². The number of allylic oxidation sites excluding steroid dienone is 6. The fraction of sp³-hybridized carbons (Fsp3) is 0.630. The predicted molar refractivity (Wildman–Crippen MR) is 125 cm³/mol. The first-order valence-corrected chi connectivity index (χ1v) is 12.2. The zero-order chi connectivity index (χ0) is 27.1. The fourth-order valence-electron chi connectivity index (χ4n) is 6.00. The summed E-state index contributed by atoms with van der Waals surface area (Å²) in [5.74, 6) is -0.151. The highest BCUT2D eigenvalue weighted by atomic mass is 19.4. The summed E-state index contributed by atoms with van der Waals surface area (Å²) in [6, 6.07) is 0. The molecular formula is C27H34F6O3. The zero-order valence-corrected chi connectivity index (χ0v) is 20.5. The van der Waals surface area contributed by atoms with Crippen LogP contribution in [0.25, 0.3) is 0 Å². The lowest BCUT2D eigenvalue weighted by atomic mass is 9.62. The van der Waals surface area contributed by atoms with E-state index in [0.717, 1.165) is 42.9 Å². The van der Waals surface area contributed by atoms with Crippen LogP contribution >= 0.6 is 0 Å². The Labute approximate surface area is 207 Å². The lowest BCUT2D eigenvalue weighted by Crippen LogP contribution is -2.55. The summed E-state index contributed by atoms with van der Waals surface area (Å²) >= 11 is 0. The molecule has 5 atom stereocenters. The van der Waals surface area contributed by atoms with E-state index in [0.29, 0.717) is 12.0 Å². The van der Waals surface area contributed by atoms with Gasteiger partial charge in [0.05, 0.1) is 12.2 Å². The van der Waals surface area contributed by atoms with Gasteiger partial charge in [0.15, 0.2) is 0 Å². The van der Waals surface area contributed by atoms with Crippen molar-refractivity contribution >= 4 is 0 Å². The standard InChI is InChI=1S/C27H34F6O3/c1-16(6-4-13-25(36,26(28,29)30)27(31,32)33)21-10-11-22-18(7-5-12-24(21,22)3)8-9-19-14-20(34)15-23(35)17(19)2/h4,8-10,13,16,20,22-23,34-36H,2,5-7,11-12,14-15H2,1,3H3/b13-4+,18-8+,19-9-/t16-,20-,22+,23+,24-/m1/s1. The average Bonchev–Trinajstić information content (AvgIpc) is 3.11. The topological polar surface area (TPSA) is 60.7 Å². The van der Waals surface area contributed by atoms with Crippen molar-refractivity contribution in [2.45, 2.75) is 89.0 Å². The molecule has 0 spiro atoms. The van der Waals surface area contributed by atoms with E-state index >= 15 is 0 Å². The molecule has 3 aliphatic carbocycles. The molecule has 36 heavy (non-hydrogen) atoms. The molecule has 0 heterocycles. The molecule has 2 saturated carbocycles. The first-order chi connectivity index (χ1) is 16.5. The monoisotopic (exact) mass is 520 g/mol. The fourth-order valence-corrected chi connectivity index (χ4v) is 6.00. The molecule has 3 rings (SSSR count). The Bertz CT molecular complexity index is 957. The smallest absolute Gasteiger partial charge is 0.393 e. The highest BCUT2D eigenvalue weighted by Crippen LogP contribution is 2.57. The van der Waals surface area contributed by atoms with E-state index in [1.54, 1.807) is 6.92 Å². The van der Waals surface area contributed by atoms with Gasteiger partial charge in [-0.15, -0.1) is 0 Å². The molecule has 0 unspecified atom stereocenters. The van der Waals surface area contributed by atoms with E-state index in [9.17, 15) is 41.7 Å². The molecule has 0 bridgehead atoms. The third-order valence-electron chi connectivity index (χ3n) is 8.12. The molecule has 3 nitrogen and oxygen atoms in total. The Morgan fingerprint density at radius 3 is 2.39 bits per heavy atom. The molecule has 0 aromatic heterocycles. The number of hydrogen-bond acceptors (Lipinski definition) is 3. The zero-order valence-electron chi connectivity index (χ0n) is 20.5. The molecule has 0 aliphatic heterocycles. The molecule has 0 aromatic carbocycles. The van der Waals surface area contributed by atoms with Crippen LogP contribution in [0.15, 0.2) is 59.3 Å². The molecule has 0 radical (unpaired) electrons. The van der Waals surface area contributed by atoms with Gasteiger partial charge >= 0.3 is 12.4 Å². The molecule has 3 N–H and O–H groups in total. The molecule has 0 aromatic rings. The third-order valence-corrected chi connectivity index (χ3v) is 8.12. The number of hydrogen-bond donors (Lipinski definition) is 3. The van der Waals surface area contributed by atoms with Gasteiger partial charge in [0.1, 0.15) is 0 Å². The first kappa shape index (κ1) is 28.7. The second-order valence-electron chi connectivity index (χ2n) is 10.6. The first-order valence-electron chi connectivity index (χ1n) is 12.2. The summed E-state index contributed by atoms with van der Waals surface area (Å²) in [6.07, 6.45) is -2.69. The van der Waals surface area contributed by atoms with Gasteiger partial charge in [-0.2, -0.15) is 26.3 Å². The van der Waals surface area contributed by atoms with Crippen molar-refractivity contribution in [3.05, 3.63) is 59.3 Å². The largest absolute Gasteiger partial charge is 0.429 e. The Hall–Kier alpha value is -1.84. The number of aliphatic hydroxyl groups excluding tert-OH is 2. The third kappa shape index (κ3) is 5.38. The minimum absolute atomic E-state index is 0.0681. The van der Waals surface area contributed by atoms with Crippen molar-refractivity contribution in [3.8, 4) is 0 Å². The van der Waals surface area contributed by atoms with E-state index in [1.165, 1.54) is 5.57 Å². The van der Waals surface area contributed by atoms with Gasteiger partial charge in [-0.25, -0.2) is 0 Å². The summed E-state index contributed by atoms with van der Waals surface area (Å²) in [7, 11) is 0. The molecular weight excluding hydrogens is 486 g/mol. The van der Waals surface area contributed by atoms with Crippen LogP contribution in [0.3, 0.4) is 0 Å². The van der Waals surface area contributed by atoms with Crippen LogP contribution in [-0.4, -0.2) is 45.5 Å². The van der Waals surface area contributed by atoms with Gasteiger partial charge in [-0.3, -0.25) is 0 Å². The summed E-state index contributed by atoms with van der Waals surface area (Å²) in [5, 5.41) is 29.4. The van der Waals surface area contributed by atoms with Crippen molar-refractivity contribution in [1.29, 1.82) is 0 Å². The van der Waals surface area contributed by atoms with Crippen LogP contribution in [0.5, 0.6) is 0 Å². The second-order valence-corrected chi connectivity index (χ2v) is 10.6. The van der Waals surface area contributed by atoms with Crippen LogP contribution in [0.2, 0.25) is 0 Å². The van der Waals surface area contributed by atoms with E-state index in [2.05, 4.69) is 13.5 Å². The molecule has 0 saturated heterocycles. The summed E-state index contributed by atoms with van der Waals surface area (Å²) in [6.45, 7) is 7.80. The van der Waals surface area contributed by atoms with Crippen molar-refractivity contribution in [3.63, 3.8) is 0 Å². The molecule has 9 heteroatoms. The number of fused-ring (bicyclic) bond motifs is 1. The molecule has 3 aliphatic rings. The lowest BCUT2D eigenvalue weighted by molar-refractivity contribution is -0.347. The van der Waals surface area contributed by atoms with Gasteiger partial charge in [0, 0.05) is 6.42 Å². The van der Waals surface area contributed by atoms with E-state index < -0.39 is 30.2 Å². The van der Waals surface area contributed by atoms with Crippen molar-refractivity contribution in [2.75, 3.05) is 0 Å². The SMILES string of the molecule is C=C1/C(=C\C=C2/CCC[C@]3(C)C([C@H](C)C/C=C/C(O)(C(F)(F)F)C(F)(F)F)=CC[C@@H]23)C[C@@H](O)C[C@@H]1O. The highest BCUT2D eigenvalue weighted by Gasteiger charge is 2.68. The number of rotatable bonds is 5. The number of alkyl halides is 6. The normalized spacial score (nSPS) is 33.4. The quantitative estimate of drug-likeness (QED) is 0.287. The lowest BCUT2D eigenvalue weighted by Gasteiger charge is -2.42. The maximum Gasteiger partial charge on any atom is 0.429 e. The Morgan fingerprint density at radius 1 is 1.14 bits per heavy atom. The highest BCUT2D eigenvalue weighted by molar-refractivity contribution is 5.40. The molecule has 202 valence electrons. The Kier molecular flexibility index (Phi) is 8.09. The van der Waals surface area contributed by atoms with E-state index in [1.807, 2.05) is 18.2 Å². The van der Waals surface area contributed by atoms with Crippen LogP contribution in [-0.2, 0) is 0 Å². The minimum atomic E-state index is -5.87. The van der Waals surface area contributed by atoms with Gasteiger partial charge in [0.25, 0.3) is 5.60 Å². The molecule has 0 amide bonds. The van der Waals surface area contributed by atoms with Crippen molar-refractivity contribution in [1.82, 2.24) is 0 Å². The van der Waals surface area contributed by atoms with Gasteiger partial charge in [-0.05, 0) is 73.0 Å². The van der Waals surface area contributed by atoms with E-state index in [-0.39, 0.29) is 36.2 Å². The van der Waals surface area contributed by atoms with Crippen LogP contribution < -0.4 is 0 Å². The van der Waals surface area contributed by atoms with Crippen LogP contribution in [0, 0.1) is 17.3 Å². The van der Waals surface area contributed by atoms with Gasteiger partial charge < -0.3 is 15.3 Å². The Balaban J connectivity index is 1.76. The van der Waals surface area contributed by atoms with Crippen LogP contribution in [0.4, 0.5) is 26.3 Å². The summed E-state index contributed by atoms with van der Waals surface area (Å²) in [5.41, 5.74) is -1.56. The summed E-state index contributed by atoms with van der Waals surface area (Å²) < 4.78 is 77.7. The van der Waals surface area contributed by atoms with Gasteiger partial charge in [0.2, 0.25) is 0 Å². The summed E-state index contributed by atoms with van der Waals surface area (Å²) in [4.78, 5) is 0. The maximum atomic E-state index is 12.9. The minimum Gasteiger partial charge on any atom is -0.393 e. The van der Waals surface area contributed by atoms with Crippen LogP contribution in [0.1, 0.15) is 58.8 Å². The second kappa shape index (κ2) is 10.1. The predicted octanol–water partition coefficient (Wildman–Crippen LogP) is 6.49. The maximum absolute atomic E-state index is 12.9. The Morgan fingerprint density at radius 2 is 1.78 bits per heavy atom. The van der Waals surface area contributed by atoms with Crippen molar-refractivity contribution in [2.24, 2.45) is 17.3 Å².